The number of ether oxygens (including phenoxy) is 1. The van der Waals surface area contributed by atoms with Crippen molar-refractivity contribution in [3.05, 3.63) is 63.2 Å². The topological polar surface area (TPSA) is 51.2 Å². The van der Waals surface area contributed by atoms with Gasteiger partial charge in [0.25, 0.3) is 5.91 Å². The van der Waals surface area contributed by atoms with E-state index in [1.54, 1.807) is 24.3 Å². The maximum atomic E-state index is 13.1. The molecule has 134 valence electrons. The van der Waals surface area contributed by atoms with E-state index in [1.165, 1.54) is 29.5 Å². The smallest absolute Gasteiger partial charge is 0.264 e. The zero-order valence-corrected chi connectivity index (χ0v) is 15.9. The molecule has 1 amide bonds. The van der Waals surface area contributed by atoms with E-state index in [2.05, 4.69) is 10.3 Å². The van der Waals surface area contributed by atoms with Gasteiger partial charge in [-0.3, -0.25) is 10.1 Å². The fourth-order valence-electron chi connectivity index (χ4n) is 2.21. The summed E-state index contributed by atoms with van der Waals surface area (Å²) in [4.78, 5) is 17.4. The number of amides is 1. The first-order valence-corrected chi connectivity index (χ1v) is 9.10. The first kappa shape index (κ1) is 18.6. The van der Waals surface area contributed by atoms with Gasteiger partial charge in [0.1, 0.15) is 11.6 Å². The van der Waals surface area contributed by atoms with Gasteiger partial charge in [0.05, 0.1) is 10.7 Å². The average molecular weight is 411 g/mol. The number of carbonyl (C=O) groups excluding carboxylic acids is 1. The van der Waals surface area contributed by atoms with Gasteiger partial charge in [0.15, 0.2) is 11.7 Å². The first-order chi connectivity index (χ1) is 12.4. The van der Waals surface area contributed by atoms with Gasteiger partial charge < -0.3 is 4.74 Å². The Bertz CT molecular complexity index is 945. The number of hydrogen-bond donors (Lipinski definition) is 1. The molecule has 2 aromatic carbocycles. The average Bonchev–Trinajstić information content (AvgIpc) is 2.96. The second kappa shape index (κ2) is 8.03. The Morgan fingerprint density at radius 3 is 2.69 bits per heavy atom. The van der Waals surface area contributed by atoms with E-state index in [4.69, 9.17) is 27.9 Å². The van der Waals surface area contributed by atoms with E-state index < -0.39 is 0 Å². The summed E-state index contributed by atoms with van der Waals surface area (Å²) < 4.78 is 18.4. The van der Waals surface area contributed by atoms with Gasteiger partial charge in [-0.05, 0) is 43.3 Å². The molecule has 26 heavy (non-hydrogen) atoms. The largest absolute Gasteiger partial charge is 0.482 e. The Morgan fingerprint density at radius 1 is 1.23 bits per heavy atom. The van der Waals surface area contributed by atoms with Gasteiger partial charge in [0, 0.05) is 21.5 Å². The third kappa shape index (κ3) is 4.52. The van der Waals surface area contributed by atoms with E-state index in [9.17, 15) is 9.18 Å². The zero-order valence-electron chi connectivity index (χ0n) is 13.6. The SMILES string of the molecule is Cc1sc(NC(=O)COc2cc(Cl)ccc2Cl)nc1-c1ccc(F)cc1. The summed E-state index contributed by atoms with van der Waals surface area (Å²) in [5.41, 5.74) is 1.48. The molecule has 0 radical (unpaired) electrons. The lowest BCUT2D eigenvalue weighted by molar-refractivity contribution is -0.118. The Kier molecular flexibility index (Phi) is 5.76. The normalized spacial score (nSPS) is 10.6. The number of anilines is 1. The highest BCUT2D eigenvalue weighted by Gasteiger charge is 2.13. The van der Waals surface area contributed by atoms with Crippen molar-refractivity contribution >= 4 is 45.6 Å². The molecular weight excluding hydrogens is 398 g/mol. The molecule has 1 aromatic heterocycles. The second-order valence-corrected chi connectivity index (χ2v) is 7.39. The number of carbonyl (C=O) groups is 1. The molecule has 4 nitrogen and oxygen atoms in total. The van der Waals surface area contributed by atoms with Crippen molar-refractivity contribution in [3.8, 4) is 17.0 Å². The molecule has 3 rings (SSSR count). The van der Waals surface area contributed by atoms with E-state index in [-0.39, 0.29) is 18.3 Å². The molecule has 0 aliphatic rings. The number of rotatable bonds is 5. The molecule has 3 aromatic rings. The van der Waals surface area contributed by atoms with Crippen LogP contribution in [0.3, 0.4) is 0 Å². The molecule has 0 aliphatic heterocycles. The van der Waals surface area contributed by atoms with Crippen molar-refractivity contribution in [2.45, 2.75) is 6.92 Å². The van der Waals surface area contributed by atoms with Gasteiger partial charge in [-0.25, -0.2) is 9.37 Å². The van der Waals surface area contributed by atoms with Crippen LogP contribution in [0.25, 0.3) is 11.3 Å². The van der Waals surface area contributed by atoms with Crippen LogP contribution in [0.2, 0.25) is 10.0 Å². The number of halogens is 3. The second-order valence-electron chi connectivity index (χ2n) is 5.34. The van der Waals surface area contributed by atoms with Crippen molar-refractivity contribution < 1.29 is 13.9 Å². The fraction of sp³-hybridized carbons (Fsp3) is 0.111. The van der Waals surface area contributed by atoms with Crippen LogP contribution in [0.4, 0.5) is 9.52 Å². The maximum absolute atomic E-state index is 13.1. The summed E-state index contributed by atoms with van der Waals surface area (Å²) in [6, 6.07) is 10.8. The minimum Gasteiger partial charge on any atom is -0.482 e. The molecule has 0 unspecified atom stereocenters. The maximum Gasteiger partial charge on any atom is 0.264 e. The third-order valence-electron chi connectivity index (χ3n) is 3.41. The van der Waals surface area contributed by atoms with Crippen LogP contribution >= 0.6 is 34.5 Å². The van der Waals surface area contributed by atoms with E-state index in [0.717, 1.165) is 10.4 Å². The van der Waals surface area contributed by atoms with Gasteiger partial charge in [-0.1, -0.05) is 23.2 Å². The zero-order chi connectivity index (χ0) is 18.7. The molecule has 0 bridgehead atoms. The molecule has 0 saturated heterocycles. The summed E-state index contributed by atoms with van der Waals surface area (Å²) in [5.74, 6) is -0.357. The highest BCUT2D eigenvalue weighted by atomic mass is 35.5. The van der Waals surface area contributed by atoms with E-state index >= 15 is 0 Å². The Labute approximate surface area is 163 Å². The molecule has 1 heterocycles. The lowest BCUT2D eigenvalue weighted by Gasteiger charge is -2.07. The molecule has 0 atom stereocenters. The first-order valence-electron chi connectivity index (χ1n) is 7.53. The van der Waals surface area contributed by atoms with Crippen LogP contribution in [0.5, 0.6) is 5.75 Å². The Balaban J connectivity index is 1.65. The standard InChI is InChI=1S/C18H13Cl2FN2O2S/c1-10-17(11-2-5-13(21)6-3-11)23-18(26-10)22-16(24)9-25-15-8-12(19)4-7-14(15)20/h2-8H,9H2,1H3,(H,22,23,24). The van der Waals surface area contributed by atoms with Crippen molar-refractivity contribution in [2.75, 3.05) is 11.9 Å². The van der Waals surface area contributed by atoms with Gasteiger partial charge in [-0.2, -0.15) is 0 Å². The quantitative estimate of drug-likeness (QED) is 0.596. The molecule has 0 saturated carbocycles. The number of aromatic nitrogens is 1. The summed E-state index contributed by atoms with van der Waals surface area (Å²) in [7, 11) is 0. The number of hydrogen-bond acceptors (Lipinski definition) is 4. The molecule has 0 fully saturated rings. The summed E-state index contributed by atoms with van der Waals surface area (Å²) in [6.45, 7) is 1.65. The molecule has 1 N–H and O–H groups in total. The lowest BCUT2D eigenvalue weighted by atomic mass is 10.1. The van der Waals surface area contributed by atoms with Gasteiger partial charge in [-0.15, -0.1) is 11.3 Å². The van der Waals surface area contributed by atoms with Crippen LogP contribution in [-0.4, -0.2) is 17.5 Å². The lowest BCUT2D eigenvalue weighted by Crippen LogP contribution is -2.20. The highest BCUT2D eigenvalue weighted by Crippen LogP contribution is 2.31. The predicted molar refractivity (Wildman–Crippen MR) is 103 cm³/mol. The van der Waals surface area contributed by atoms with Gasteiger partial charge >= 0.3 is 0 Å². The summed E-state index contributed by atoms with van der Waals surface area (Å²) in [5, 5.41) is 3.95. The summed E-state index contributed by atoms with van der Waals surface area (Å²) >= 11 is 13.2. The van der Waals surface area contributed by atoms with Gasteiger partial charge in [0.2, 0.25) is 0 Å². The van der Waals surface area contributed by atoms with E-state index in [1.807, 2.05) is 6.92 Å². The highest BCUT2D eigenvalue weighted by molar-refractivity contribution is 7.16. The van der Waals surface area contributed by atoms with E-state index in [0.29, 0.717) is 26.6 Å². The molecule has 0 aliphatic carbocycles. The van der Waals surface area contributed by atoms with Crippen LogP contribution in [-0.2, 0) is 4.79 Å². The third-order valence-corrected chi connectivity index (χ3v) is 4.85. The van der Waals surface area contributed by atoms with Crippen molar-refractivity contribution in [1.29, 1.82) is 0 Å². The number of aryl methyl sites for hydroxylation is 1. The minimum atomic E-state index is -0.375. The molecule has 8 heteroatoms. The van der Waals surface area contributed by atoms with Crippen LogP contribution in [0.1, 0.15) is 4.88 Å². The number of nitrogens with one attached hydrogen (secondary N) is 1. The fourth-order valence-corrected chi connectivity index (χ4v) is 3.40. The van der Waals surface area contributed by atoms with Crippen LogP contribution < -0.4 is 10.1 Å². The van der Waals surface area contributed by atoms with Crippen molar-refractivity contribution in [1.82, 2.24) is 4.98 Å². The van der Waals surface area contributed by atoms with Crippen LogP contribution in [0, 0.1) is 12.7 Å². The van der Waals surface area contributed by atoms with Crippen LogP contribution in [0.15, 0.2) is 42.5 Å². The number of benzene rings is 2. The number of thiazole rings is 1. The Hall–Kier alpha value is -2.15. The molecule has 0 spiro atoms. The molecular formula is C18H13Cl2FN2O2S. The van der Waals surface area contributed by atoms with Crippen molar-refractivity contribution in [2.24, 2.45) is 0 Å². The summed E-state index contributed by atoms with van der Waals surface area (Å²) in [6.07, 6.45) is 0. The minimum absolute atomic E-state index is 0.232. The number of nitrogens with zero attached hydrogens (tertiary/aromatic N) is 1. The predicted octanol–water partition coefficient (Wildman–Crippen LogP) is 5.58. The van der Waals surface area contributed by atoms with Crippen molar-refractivity contribution in [3.63, 3.8) is 0 Å². The monoisotopic (exact) mass is 410 g/mol. The Morgan fingerprint density at radius 2 is 1.96 bits per heavy atom.